The number of rotatable bonds is 4. The lowest BCUT2D eigenvalue weighted by atomic mass is 10.1. The molecule has 0 aliphatic heterocycles. The molecule has 2 aromatic rings. The number of guanidine groups is 1. The molecule has 0 unspecified atom stereocenters. The number of benzene rings is 2. The monoisotopic (exact) mass is 314 g/mol. The van der Waals surface area contributed by atoms with Crippen LogP contribution in [0.25, 0.3) is 0 Å². The topological polar surface area (TPSA) is 53.6 Å². The van der Waals surface area contributed by atoms with Crippen molar-refractivity contribution in [1.82, 2.24) is 0 Å². The molecule has 0 aromatic heterocycles. The van der Waals surface area contributed by atoms with Crippen LogP contribution in [-0.4, -0.2) is 20.1 Å². The molecule has 5 heteroatoms. The Kier molecular flexibility index (Phi) is 5.21. The molecular formula is C18H23FN4. The molecule has 0 radical (unpaired) electrons. The van der Waals surface area contributed by atoms with Crippen LogP contribution in [0.15, 0.2) is 41.4 Å². The van der Waals surface area contributed by atoms with E-state index in [0.29, 0.717) is 18.2 Å². The summed E-state index contributed by atoms with van der Waals surface area (Å²) in [6.07, 6.45) is 0. The van der Waals surface area contributed by atoms with E-state index in [9.17, 15) is 4.39 Å². The third-order valence-electron chi connectivity index (χ3n) is 3.71. The summed E-state index contributed by atoms with van der Waals surface area (Å²) in [7, 11) is 3.61. The van der Waals surface area contributed by atoms with Gasteiger partial charge in [0, 0.05) is 19.8 Å². The molecule has 122 valence electrons. The van der Waals surface area contributed by atoms with Gasteiger partial charge in [-0.25, -0.2) is 9.38 Å². The van der Waals surface area contributed by atoms with E-state index in [1.54, 1.807) is 11.0 Å². The Morgan fingerprint density at radius 2 is 1.87 bits per heavy atom. The standard InChI is InChI=1S/C18H23FN4/c1-12-5-7-15(9-13(12)2)22-18(20)21-11-14-6-8-17(23(3)4)16(19)10-14/h5-10H,11H2,1-4H3,(H3,20,21,22). The summed E-state index contributed by atoms with van der Waals surface area (Å²) in [5, 5.41) is 3.05. The number of nitrogens with zero attached hydrogens (tertiary/aromatic N) is 2. The highest BCUT2D eigenvalue weighted by Crippen LogP contribution is 2.19. The smallest absolute Gasteiger partial charge is 0.193 e. The van der Waals surface area contributed by atoms with E-state index in [4.69, 9.17) is 5.73 Å². The van der Waals surface area contributed by atoms with Gasteiger partial charge >= 0.3 is 0 Å². The summed E-state index contributed by atoms with van der Waals surface area (Å²) < 4.78 is 13.9. The fourth-order valence-corrected chi connectivity index (χ4v) is 2.19. The van der Waals surface area contributed by atoms with Crippen LogP contribution in [0.1, 0.15) is 16.7 Å². The van der Waals surface area contributed by atoms with Gasteiger partial charge in [-0.1, -0.05) is 12.1 Å². The molecule has 4 nitrogen and oxygen atoms in total. The lowest BCUT2D eigenvalue weighted by Crippen LogP contribution is -2.22. The first-order valence-electron chi connectivity index (χ1n) is 7.47. The maximum atomic E-state index is 13.9. The van der Waals surface area contributed by atoms with Crippen LogP contribution in [0.5, 0.6) is 0 Å². The van der Waals surface area contributed by atoms with E-state index < -0.39 is 0 Å². The van der Waals surface area contributed by atoms with Crippen molar-refractivity contribution in [2.24, 2.45) is 10.7 Å². The average molecular weight is 314 g/mol. The highest BCUT2D eigenvalue weighted by atomic mass is 19.1. The number of hydrogen-bond acceptors (Lipinski definition) is 2. The first-order valence-corrected chi connectivity index (χ1v) is 7.47. The lowest BCUT2D eigenvalue weighted by Gasteiger charge is -2.13. The third-order valence-corrected chi connectivity index (χ3v) is 3.71. The molecule has 0 bridgehead atoms. The quantitative estimate of drug-likeness (QED) is 0.671. The van der Waals surface area contributed by atoms with E-state index in [2.05, 4.69) is 17.2 Å². The largest absolute Gasteiger partial charge is 0.375 e. The van der Waals surface area contributed by atoms with Crippen molar-refractivity contribution in [2.75, 3.05) is 24.3 Å². The van der Waals surface area contributed by atoms with Crippen LogP contribution in [0, 0.1) is 19.7 Å². The molecular weight excluding hydrogens is 291 g/mol. The maximum absolute atomic E-state index is 13.9. The van der Waals surface area contributed by atoms with Crippen LogP contribution in [0.3, 0.4) is 0 Å². The van der Waals surface area contributed by atoms with E-state index in [1.165, 1.54) is 17.2 Å². The highest BCUT2D eigenvalue weighted by molar-refractivity contribution is 5.92. The summed E-state index contributed by atoms with van der Waals surface area (Å²) in [5.74, 6) is 0.0498. The predicted molar refractivity (Wildman–Crippen MR) is 95.6 cm³/mol. The Morgan fingerprint density at radius 1 is 1.13 bits per heavy atom. The maximum Gasteiger partial charge on any atom is 0.193 e. The van der Waals surface area contributed by atoms with Gasteiger partial charge in [0.15, 0.2) is 5.96 Å². The number of aliphatic imine (C=N–C) groups is 1. The third kappa shape index (κ3) is 4.45. The number of nitrogens with one attached hydrogen (secondary N) is 1. The normalized spacial score (nSPS) is 11.4. The number of anilines is 2. The molecule has 0 saturated heterocycles. The summed E-state index contributed by atoms with van der Waals surface area (Å²) >= 11 is 0. The second-order valence-electron chi connectivity index (χ2n) is 5.81. The Balaban J connectivity index is 2.04. The molecule has 0 saturated carbocycles. The van der Waals surface area contributed by atoms with Gasteiger partial charge in [0.25, 0.3) is 0 Å². The molecule has 23 heavy (non-hydrogen) atoms. The zero-order chi connectivity index (χ0) is 17.0. The van der Waals surface area contributed by atoms with Crippen molar-refractivity contribution in [3.8, 4) is 0 Å². The van der Waals surface area contributed by atoms with Gasteiger partial charge < -0.3 is 16.0 Å². The Hall–Kier alpha value is -2.56. The van der Waals surface area contributed by atoms with Gasteiger partial charge in [0.1, 0.15) is 5.82 Å². The second-order valence-corrected chi connectivity index (χ2v) is 5.81. The molecule has 0 heterocycles. The average Bonchev–Trinajstić information content (AvgIpc) is 2.48. The van der Waals surface area contributed by atoms with Crippen molar-refractivity contribution in [3.05, 3.63) is 58.9 Å². The molecule has 2 rings (SSSR count). The first kappa shape index (κ1) is 16.8. The fourth-order valence-electron chi connectivity index (χ4n) is 2.19. The molecule has 0 aliphatic rings. The SMILES string of the molecule is Cc1ccc(NC(N)=NCc2ccc(N(C)C)c(F)c2)cc1C. The number of halogens is 1. The Labute approximate surface area is 136 Å². The van der Waals surface area contributed by atoms with Crippen LogP contribution in [0.4, 0.5) is 15.8 Å². The molecule has 0 fully saturated rings. The molecule has 0 atom stereocenters. The number of nitrogens with two attached hydrogens (primary N) is 1. The van der Waals surface area contributed by atoms with E-state index in [1.807, 2.05) is 45.3 Å². The molecule has 3 N–H and O–H groups in total. The summed E-state index contributed by atoms with van der Waals surface area (Å²) in [4.78, 5) is 5.99. The van der Waals surface area contributed by atoms with Crippen LogP contribution >= 0.6 is 0 Å². The number of aryl methyl sites for hydroxylation is 2. The minimum absolute atomic E-state index is 0.261. The molecule has 2 aromatic carbocycles. The zero-order valence-electron chi connectivity index (χ0n) is 14.0. The van der Waals surface area contributed by atoms with Gasteiger partial charge in [-0.3, -0.25) is 0 Å². The number of hydrogen-bond donors (Lipinski definition) is 2. The van der Waals surface area contributed by atoms with E-state index in [0.717, 1.165) is 11.3 Å². The van der Waals surface area contributed by atoms with Crippen molar-refractivity contribution in [2.45, 2.75) is 20.4 Å². The van der Waals surface area contributed by atoms with Crippen molar-refractivity contribution in [1.29, 1.82) is 0 Å². The van der Waals surface area contributed by atoms with Gasteiger partial charge in [0.05, 0.1) is 12.2 Å². The lowest BCUT2D eigenvalue weighted by molar-refractivity contribution is 0.624. The minimum atomic E-state index is -0.261. The molecule has 0 amide bonds. The van der Waals surface area contributed by atoms with Gasteiger partial charge in [-0.2, -0.15) is 0 Å². The van der Waals surface area contributed by atoms with Crippen LogP contribution in [0.2, 0.25) is 0 Å². The summed E-state index contributed by atoms with van der Waals surface area (Å²) in [6, 6.07) is 11.1. The predicted octanol–water partition coefficient (Wildman–Crippen LogP) is 3.44. The van der Waals surface area contributed by atoms with E-state index >= 15 is 0 Å². The highest BCUT2D eigenvalue weighted by Gasteiger charge is 2.05. The summed E-state index contributed by atoms with van der Waals surface area (Å²) in [6.45, 7) is 4.43. The van der Waals surface area contributed by atoms with Crippen molar-refractivity contribution in [3.63, 3.8) is 0 Å². The van der Waals surface area contributed by atoms with Crippen LogP contribution < -0.4 is 16.0 Å². The van der Waals surface area contributed by atoms with Gasteiger partial charge in [0.2, 0.25) is 0 Å². The van der Waals surface area contributed by atoms with Crippen molar-refractivity contribution < 1.29 is 4.39 Å². The van der Waals surface area contributed by atoms with Gasteiger partial charge in [-0.15, -0.1) is 0 Å². The summed E-state index contributed by atoms with van der Waals surface area (Å²) in [5.41, 5.74) is 10.5. The Morgan fingerprint density at radius 3 is 2.48 bits per heavy atom. The fraction of sp³-hybridized carbons (Fsp3) is 0.278. The minimum Gasteiger partial charge on any atom is -0.375 e. The zero-order valence-corrected chi connectivity index (χ0v) is 14.0. The second kappa shape index (κ2) is 7.13. The Bertz CT molecular complexity index is 723. The van der Waals surface area contributed by atoms with Gasteiger partial charge in [-0.05, 0) is 54.8 Å². The van der Waals surface area contributed by atoms with E-state index in [-0.39, 0.29) is 5.82 Å². The van der Waals surface area contributed by atoms with Crippen LogP contribution in [-0.2, 0) is 6.54 Å². The molecule has 0 spiro atoms. The first-order chi connectivity index (χ1) is 10.9. The van der Waals surface area contributed by atoms with Crippen molar-refractivity contribution >= 4 is 17.3 Å². The molecule has 0 aliphatic carbocycles.